The van der Waals surface area contributed by atoms with Crippen LogP contribution in [0.2, 0.25) is 0 Å². The normalized spacial score (nSPS) is 38.4. The van der Waals surface area contributed by atoms with Gasteiger partial charge in [-0.15, -0.1) is 0 Å². The number of halogens is 1. The van der Waals surface area contributed by atoms with E-state index in [2.05, 4.69) is 5.32 Å². The minimum absolute atomic E-state index is 0.246. The van der Waals surface area contributed by atoms with E-state index >= 15 is 0 Å². The van der Waals surface area contributed by atoms with Gasteiger partial charge < -0.3 is 14.9 Å². The molecular weight excluding hydrogens is 343 g/mol. The van der Waals surface area contributed by atoms with Crippen LogP contribution in [-0.2, 0) is 9.53 Å². The Balaban J connectivity index is 2.03. The van der Waals surface area contributed by atoms with Gasteiger partial charge in [0.05, 0.1) is 12.7 Å². The van der Waals surface area contributed by atoms with Crippen molar-refractivity contribution in [3.05, 3.63) is 0 Å². The monoisotopic (exact) mass is 356 g/mol. The number of aliphatic hydroxyl groups is 2. The fraction of sp³-hybridized carbons (Fsp3) is 0.778. The van der Waals surface area contributed by atoms with Gasteiger partial charge >= 0.3 is 6.03 Å². The minimum Gasteiger partial charge on any atom is -0.394 e. The molecule has 0 saturated carbocycles. The molecule has 0 aliphatic carbocycles. The molecule has 4 unspecified atom stereocenters. The van der Waals surface area contributed by atoms with Crippen molar-refractivity contribution in [2.24, 2.45) is 0 Å². The third-order valence-corrected chi connectivity index (χ3v) is 3.82. The number of urea groups is 1. The van der Waals surface area contributed by atoms with E-state index in [4.69, 9.17) is 9.84 Å². The Hall–Kier alpha value is -0.450. The third-order valence-electron chi connectivity index (χ3n) is 2.86. The summed E-state index contributed by atoms with van der Waals surface area (Å²) < 4.78 is 5.03. The molecule has 2 rings (SSSR count). The van der Waals surface area contributed by atoms with Crippen molar-refractivity contribution in [3.8, 4) is 0 Å². The lowest BCUT2D eigenvalue weighted by Gasteiger charge is -2.33. The van der Waals surface area contributed by atoms with Crippen LogP contribution in [0.15, 0.2) is 0 Å². The Morgan fingerprint density at radius 3 is 2.82 bits per heavy atom. The van der Waals surface area contributed by atoms with E-state index in [1.807, 2.05) is 22.6 Å². The van der Waals surface area contributed by atoms with Gasteiger partial charge in [0.25, 0.3) is 0 Å². The number of aliphatic hydroxyl groups excluding tert-OH is 2. The van der Waals surface area contributed by atoms with Crippen molar-refractivity contribution < 1.29 is 24.5 Å². The predicted molar refractivity (Wildman–Crippen MR) is 64.4 cm³/mol. The number of alkyl halides is 1. The first-order chi connectivity index (χ1) is 8.02. The summed E-state index contributed by atoms with van der Waals surface area (Å²) in [6, 6.07) is -0.515. The van der Waals surface area contributed by atoms with Gasteiger partial charge in [-0.2, -0.15) is 0 Å². The van der Waals surface area contributed by atoms with E-state index in [0.29, 0.717) is 0 Å². The lowest BCUT2D eigenvalue weighted by atomic mass is 10.2. The van der Waals surface area contributed by atoms with Crippen LogP contribution < -0.4 is 5.32 Å². The number of ether oxygens (including phenoxy) is 1. The SMILES string of the molecule is O=C1NC(=O)N(C2CC(O)C(CO)O2)CC1I. The average molecular weight is 356 g/mol. The topological polar surface area (TPSA) is 99.1 Å². The molecule has 0 aromatic carbocycles. The largest absolute Gasteiger partial charge is 0.394 e. The molecule has 0 spiro atoms. The Bertz CT molecular complexity index is 339. The van der Waals surface area contributed by atoms with Crippen molar-refractivity contribution in [2.75, 3.05) is 13.2 Å². The number of rotatable bonds is 2. The summed E-state index contributed by atoms with van der Waals surface area (Å²) >= 11 is 1.94. The predicted octanol–water partition coefficient (Wildman–Crippen LogP) is -1.19. The molecule has 96 valence electrons. The van der Waals surface area contributed by atoms with Crippen molar-refractivity contribution in [1.29, 1.82) is 0 Å². The first-order valence-corrected chi connectivity index (χ1v) is 6.47. The molecular formula is C9H13IN2O5. The van der Waals surface area contributed by atoms with Crippen molar-refractivity contribution >= 4 is 34.5 Å². The zero-order chi connectivity index (χ0) is 12.6. The Morgan fingerprint density at radius 1 is 1.53 bits per heavy atom. The summed E-state index contributed by atoms with van der Waals surface area (Å²) in [7, 11) is 0. The maximum atomic E-state index is 11.6. The van der Waals surface area contributed by atoms with Gasteiger partial charge in [-0.3, -0.25) is 15.0 Å². The summed E-state index contributed by atoms with van der Waals surface area (Å²) in [4.78, 5) is 24.2. The number of carbonyl (C=O) groups excluding carboxylic acids is 2. The number of amides is 3. The Morgan fingerprint density at radius 2 is 2.24 bits per heavy atom. The quantitative estimate of drug-likeness (QED) is 0.427. The standard InChI is InChI=1S/C9H13IN2O5/c10-4-2-12(9(16)11-8(4)15)7-1-5(14)6(3-13)17-7/h4-7,13-14H,1-3H2,(H,11,15,16). The van der Waals surface area contributed by atoms with Crippen molar-refractivity contribution in [2.45, 2.75) is 28.8 Å². The van der Waals surface area contributed by atoms with Crippen LogP contribution in [0.1, 0.15) is 6.42 Å². The second kappa shape index (κ2) is 5.04. The number of hydrogen-bond donors (Lipinski definition) is 3. The van der Waals surface area contributed by atoms with E-state index < -0.39 is 24.5 Å². The van der Waals surface area contributed by atoms with E-state index in [1.54, 1.807) is 0 Å². The lowest BCUT2D eigenvalue weighted by molar-refractivity contribution is -0.122. The molecule has 2 heterocycles. The lowest BCUT2D eigenvalue weighted by Crippen LogP contribution is -2.58. The Labute approximate surface area is 111 Å². The highest BCUT2D eigenvalue weighted by Gasteiger charge is 2.42. The smallest absolute Gasteiger partial charge is 0.326 e. The maximum absolute atomic E-state index is 11.6. The van der Waals surface area contributed by atoms with Crippen LogP contribution in [0, 0.1) is 0 Å². The van der Waals surface area contributed by atoms with E-state index in [1.165, 1.54) is 4.90 Å². The van der Waals surface area contributed by atoms with Crippen LogP contribution in [0.5, 0.6) is 0 Å². The number of hydrogen-bond acceptors (Lipinski definition) is 5. The highest BCUT2D eigenvalue weighted by atomic mass is 127. The molecule has 2 aliphatic rings. The van der Waals surface area contributed by atoms with E-state index in [-0.39, 0.29) is 29.4 Å². The van der Waals surface area contributed by atoms with Gasteiger partial charge in [-0.1, -0.05) is 22.6 Å². The number of nitrogens with one attached hydrogen (secondary N) is 1. The van der Waals surface area contributed by atoms with Gasteiger partial charge in [0.1, 0.15) is 16.3 Å². The van der Waals surface area contributed by atoms with E-state index in [0.717, 1.165) is 0 Å². The molecule has 3 amide bonds. The number of nitrogens with zero attached hydrogens (tertiary/aromatic N) is 1. The second-order valence-electron chi connectivity index (χ2n) is 4.03. The molecule has 0 aromatic rings. The zero-order valence-electron chi connectivity index (χ0n) is 8.88. The molecule has 0 bridgehead atoms. The molecule has 7 nitrogen and oxygen atoms in total. The average Bonchev–Trinajstić information content (AvgIpc) is 2.65. The highest BCUT2D eigenvalue weighted by Crippen LogP contribution is 2.25. The van der Waals surface area contributed by atoms with Gasteiger partial charge in [0, 0.05) is 13.0 Å². The maximum Gasteiger partial charge on any atom is 0.326 e. The first-order valence-electron chi connectivity index (χ1n) is 5.23. The van der Waals surface area contributed by atoms with Crippen LogP contribution >= 0.6 is 22.6 Å². The Kier molecular flexibility index (Phi) is 3.85. The van der Waals surface area contributed by atoms with Gasteiger partial charge in [0.2, 0.25) is 5.91 Å². The zero-order valence-corrected chi connectivity index (χ0v) is 11.0. The number of carbonyl (C=O) groups is 2. The molecule has 8 heteroatoms. The highest BCUT2D eigenvalue weighted by molar-refractivity contribution is 14.1. The van der Waals surface area contributed by atoms with Gasteiger partial charge in [-0.25, -0.2) is 4.79 Å². The molecule has 2 saturated heterocycles. The molecule has 0 radical (unpaired) electrons. The minimum atomic E-state index is -0.789. The summed E-state index contributed by atoms with van der Waals surface area (Å²) in [6.07, 6.45) is -1.80. The second-order valence-corrected chi connectivity index (χ2v) is 5.53. The van der Waals surface area contributed by atoms with Crippen LogP contribution in [-0.4, -0.2) is 62.6 Å². The number of imide groups is 1. The van der Waals surface area contributed by atoms with Crippen molar-refractivity contribution in [3.63, 3.8) is 0 Å². The molecule has 17 heavy (non-hydrogen) atoms. The van der Waals surface area contributed by atoms with Crippen LogP contribution in [0.3, 0.4) is 0 Å². The molecule has 2 aliphatic heterocycles. The summed E-state index contributed by atoms with van der Waals surface area (Å²) in [6.45, 7) is -0.0412. The van der Waals surface area contributed by atoms with Gasteiger partial charge in [0.15, 0.2) is 0 Å². The first kappa shape index (κ1) is 13.0. The van der Waals surface area contributed by atoms with E-state index in [9.17, 15) is 14.7 Å². The molecule has 0 aromatic heterocycles. The molecule has 3 N–H and O–H groups in total. The van der Waals surface area contributed by atoms with Crippen LogP contribution in [0.4, 0.5) is 4.79 Å². The van der Waals surface area contributed by atoms with Crippen molar-refractivity contribution in [1.82, 2.24) is 10.2 Å². The fourth-order valence-corrected chi connectivity index (χ4v) is 2.49. The summed E-state index contributed by atoms with van der Waals surface area (Å²) in [5.74, 6) is -0.316. The summed E-state index contributed by atoms with van der Waals surface area (Å²) in [5, 5.41) is 20.8. The third kappa shape index (κ3) is 2.54. The summed E-state index contributed by atoms with van der Waals surface area (Å²) in [5.41, 5.74) is 0. The molecule has 2 fully saturated rings. The fourth-order valence-electron chi connectivity index (χ4n) is 1.91. The molecule has 4 atom stereocenters. The van der Waals surface area contributed by atoms with Gasteiger partial charge in [-0.05, 0) is 0 Å². The van der Waals surface area contributed by atoms with Crippen LogP contribution in [0.25, 0.3) is 0 Å².